The molecule has 1 saturated heterocycles. The van der Waals surface area contributed by atoms with Gasteiger partial charge < -0.3 is 14.8 Å². The van der Waals surface area contributed by atoms with Crippen LogP contribution < -0.4 is 5.32 Å². The normalized spacial score (nSPS) is 20.9. The fourth-order valence-electron chi connectivity index (χ4n) is 2.52. The molecule has 1 aromatic rings. The van der Waals surface area contributed by atoms with Crippen molar-refractivity contribution in [3.8, 4) is 0 Å². The van der Waals surface area contributed by atoms with Crippen molar-refractivity contribution in [2.75, 3.05) is 26.7 Å². The molecule has 1 aliphatic rings. The number of hydrogen-bond acceptors (Lipinski definition) is 2. The Balaban J connectivity index is 1.86. The van der Waals surface area contributed by atoms with E-state index in [1.54, 1.807) is 0 Å². The van der Waals surface area contributed by atoms with Crippen LogP contribution in [0.5, 0.6) is 0 Å². The maximum absolute atomic E-state index is 12.0. The second kappa shape index (κ2) is 5.89. The van der Waals surface area contributed by atoms with Gasteiger partial charge in [-0.15, -0.1) is 0 Å². The number of aryl methyl sites for hydroxylation is 1. The summed E-state index contributed by atoms with van der Waals surface area (Å²) in [4.78, 5) is 14.4. The SMILES string of the molecule is CN1CCCC(CNC(=O)c2cc(Br)cn2C)C1. The van der Waals surface area contributed by atoms with Crippen LogP contribution >= 0.6 is 15.9 Å². The Bertz CT molecular complexity index is 430. The van der Waals surface area contributed by atoms with Crippen molar-refractivity contribution in [1.82, 2.24) is 14.8 Å². The Morgan fingerprint density at radius 3 is 2.94 bits per heavy atom. The smallest absolute Gasteiger partial charge is 0.267 e. The Labute approximate surface area is 116 Å². The number of rotatable bonds is 3. The summed E-state index contributed by atoms with van der Waals surface area (Å²) in [6.45, 7) is 3.03. The van der Waals surface area contributed by atoms with E-state index in [-0.39, 0.29) is 5.91 Å². The minimum Gasteiger partial charge on any atom is -0.350 e. The molecule has 0 saturated carbocycles. The number of amides is 1. The minimum absolute atomic E-state index is 0.0106. The lowest BCUT2D eigenvalue weighted by Gasteiger charge is -2.29. The highest BCUT2D eigenvalue weighted by Gasteiger charge is 2.18. The molecule has 100 valence electrons. The number of piperidine rings is 1. The molecule has 2 rings (SSSR count). The van der Waals surface area contributed by atoms with Crippen LogP contribution in [0.25, 0.3) is 0 Å². The maximum atomic E-state index is 12.0. The average Bonchev–Trinajstić information content (AvgIpc) is 2.66. The zero-order chi connectivity index (χ0) is 13.1. The van der Waals surface area contributed by atoms with Gasteiger partial charge in [-0.1, -0.05) is 0 Å². The highest BCUT2D eigenvalue weighted by molar-refractivity contribution is 9.10. The van der Waals surface area contributed by atoms with Crippen molar-refractivity contribution in [3.63, 3.8) is 0 Å². The van der Waals surface area contributed by atoms with Crippen LogP contribution in [0, 0.1) is 5.92 Å². The van der Waals surface area contributed by atoms with E-state index in [9.17, 15) is 4.79 Å². The molecule has 1 fully saturated rings. The molecule has 0 spiro atoms. The molecule has 0 bridgehead atoms. The molecule has 18 heavy (non-hydrogen) atoms. The number of nitrogens with one attached hydrogen (secondary N) is 1. The van der Waals surface area contributed by atoms with E-state index in [2.05, 4.69) is 33.2 Å². The van der Waals surface area contributed by atoms with Crippen LogP contribution in [0.2, 0.25) is 0 Å². The largest absolute Gasteiger partial charge is 0.350 e. The Kier molecular flexibility index (Phi) is 4.45. The Morgan fingerprint density at radius 1 is 1.56 bits per heavy atom. The average molecular weight is 314 g/mol. The van der Waals surface area contributed by atoms with Gasteiger partial charge in [-0.25, -0.2) is 0 Å². The second-order valence-corrected chi connectivity index (χ2v) is 6.05. The summed E-state index contributed by atoms with van der Waals surface area (Å²) < 4.78 is 2.78. The number of carbonyl (C=O) groups is 1. The zero-order valence-corrected chi connectivity index (χ0v) is 12.5. The summed E-state index contributed by atoms with van der Waals surface area (Å²) in [5, 5.41) is 3.04. The molecular weight excluding hydrogens is 294 g/mol. The van der Waals surface area contributed by atoms with Crippen LogP contribution in [-0.4, -0.2) is 42.1 Å². The number of nitrogens with zero attached hydrogens (tertiary/aromatic N) is 2. The predicted molar refractivity (Wildman–Crippen MR) is 75.7 cm³/mol. The number of likely N-dealkylation sites (tertiary alicyclic amines) is 1. The van der Waals surface area contributed by atoms with E-state index in [1.165, 1.54) is 19.4 Å². The van der Waals surface area contributed by atoms with Crippen LogP contribution in [-0.2, 0) is 7.05 Å². The summed E-state index contributed by atoms with van der Waals surface area (Å²) in [5.74, 6) is 0.591. The Morgan fingerprint density at radius 2 is 2.33 bits per heavy atom. The summed E-state index contributed by atoms with van der Waals surface area (Å²) in [6.07, 6.45) is 4.33. The van der Waals surface area contributed by atoms with Gasteiger partial charge in [-0.2, -0.15) is 0 Å². The molecule has 1 amide bonds. The third-order valence-electron chi connectivity index (χ3n) is 3.48. The summed E-state index contributed by atoms with van der Waals surface area (Å²) in [5.41, 5.74) is 0.700. The summed E-state index contributed by atoms with van der Waals surface area (Å²) in [7, 11) is 4.02. The van der Waals surface area contributed by atoms with Gasteiger partial charge in [0.25, 0.3) is 5.91 Å². The van der Waals surface area contributed by atoms with Crippen molar-refractivity contribution in [3.05, 3.63) is 22.4 Å². The third-order valence-corrected chi connectivity index (χ3v) is 3.91. The van der Waals surface area contributed by atoms with Crippen LogP contribution in [0.15, 0.2) is 16.7 Å². The molecule has 5 heteroatoms. The summed E-state index contributed by atoms with van der Waals surface area (Å²) in [6, 6.07) is 1.85. The van der Waals surface area contributed by atoms with Gasteiger partial charge in [0.1, 0.15) is 5.69 Å². The number of carbonyl (C=O) groups excluding carboxylic acids is 1. The van der Waals surface area contributed by atoms with Gasteiger partial charge in [-0.05, 0) is 54.3 Å². The van der Waals surface area contributed by atoms with Crippen molar-refractivity contribution in [1.29, 1.82) is 0 Å². The van der Waals surface area contributed by atoms with Crippen molar-refractivity contribution >= 4 is 21.8 Å². The highest BCUT2D eigenvalue weighted by Crippen LogP contribution is 2.15. The predicted octanol–water partition coefficient (Wildman–Crippen LogP) is 1.86. The lowest BCUT2D eigenvalue weighted by molar-refractivity contribution is 0.0928. The monoisotopic (exact) mass is 313 g/mol. The molecule has 1 unspecified atom stereocenters. The quantitative estimate of drug-likeness (QED) is 0.925. The van der Waals surface area contributed by atoms with Crippen LogP contribution in [0.1, 0.15) is 23.3 Å². The molecule has 1 N–H and O–H groups in total. The number of hydrogen-bond donors (Lipinski definition) is 1. The summed E-state index contributed by atoms with van der Waals surface area (Å²) >= 11 is 3.38. The first-order valence-electron chi connectivity index (χ1n) is 6.35. The van der Waals surface area contributed by atoms with Gasteiger partial charge in [0.15, 0.2) is 0 Å². The number of aromatic nitrogens is 1. The van der Waals surface area contributed by atoms with Crippen LogP contribution in [0.4, 0.5) is 0 Å². The van der Waals surface area contributed by atoms with Crippen LogP contribution in [0.3, 0.4) is 0 Å². The molecule has 0 aliphatic carbocycles. The minimum atomic E-state index is 0.0106. The van der Waals surface area contributed by atoms with Gasteiger partial charge in [-0.3, -0.25) is 4.79 Å². The van der Waals surface area contributed by atoms with E-state index in [4.69, 9.17) is 0 Å². The lowest BCUT2D eigenvalue weighted by Crippen LogP contribution is -2.39. The number of halogens is 1. The van der Waals surface area contributed by atoms with E-state index >= 15 is 0 Å². The van der Waals surface area contributed by atoms with Crippen molar-refractivity contribution in [2.24, 2.45) is 13.0 Å². The van der Waals surface area contributed by atoms with Crippen molar-refractivity contribution < 1.29 is 4.79 Å². The molecule has 1 atom stereocenters. The van der Waals surface area contributed by atoms with Gasteiger partial charge in [0.2, 0.25) is 0 Å². The first kappa shape index (κ1) is 13.6. The first-order chi connectivity index (χ1) is 8.56. The van der Waals surface area contributed by atoms with Crippen molar-refractivity contribution in [2.45, 2.75) is 12.8 Å². The Hall–Kier alpha value is -0.810. The molecule has 2 heterocycles. The fraction of sp³-hybridized carbons (Fsp3) is 0.615. The maximum Gasteiger partial charge on any atom is 0.267 e. The molecule has 1 aliphatic heterocycles. The standard InChI is InChI=1S/C13H20BrN3O/c1-16-5-3-4-10(8-16)7-15-13(18)12-6-11(14)9-17(12)2/h6,9-10H,3-5,7-8H2,1-2H3,(H,15,18). The lowest BCUT2D eigenvalue weighted by atomic mass is 9.98. The van der Waals surface area contributed by atoms with E-state index in [0.717, 1.165) is 17.6 Å². The second-order valence-electron chi connectivity index (χ2n) is 5.13. The molecule has 1 aromatic heterocycles. The molecular formula is C13H20BrN3O. The highest BCUT2D eigenvalue weighted by atomic mass is 79.9. The first-order valence-corrected chi connectivity index (χ1v) is 7.14. The van der Waals surface area contributed by atoms with Gasteiger partial charge in [0.05, 0.1) is 0 Å². The van der Waals surface area contributed by atoms with Gasteiger partial charge >= 0.3 is 0 Å². The van der Waals surface area contributed by atoms with E-state index in [1.807, 2.05) is 23.9 Å². The van der Waals surface area contributed by atoms with E-state index < -0.39 is 0 Å². The van der Waals surface area contributed by atoms with Gasteiger partial charge in [0, 0.05) is 30.8 Å². The van der Waals surface area contributed by atoms with E-state index in [0.29, 0.717) is 11.6 Å². The molecule has 4 nitrogen and oxygen atoms in total. The third kappa shape index (κ3) is 3.36. The molecule has 0 aromatic carbocycles. The topological polar surface area (TPSA) is 37.3 Å². The fourth-order valence-corrected chi connectivity index (χ4v) is 3.04. The molecule has 0 radical (unpaired) electrons. The zero-order valence-electron chi connectivity index (χ0n) is 10.9.